The monoisotopic (exact) mass is 401 g/mol. The second-order valence-corrected chi connectivity index (χ2v) is 12.6. The Kier molecular flexibility index (Phi) is 6.05. The van der Waals surface area contributed by atoms with Gasteiger partial charge in [-0.15, -0.1) is 5.10 Å². The summed E-state index contributed by atoms with van der Waals surface area (Å²) in [6.45, 7) is 19.9. The summed E-state index contributed by atoms with van der Waals surface area (Å²) in [7, 11) is -4.03. The molecule has 5 atom stereocenters. The summed E-state index contributed by atoms with van der Waals surface area (Å²) in [5.41, 5.74) is -0.142. The van der Waals surface area contributed by atoms with Gasteiger partial charge in [0.15, 0.2) is 5.44 Å². The molecular formula is C19H36N3O4P. The summed E-state index contributed by atoms with van der Waals surface area (Å²) in [6, 6.07) is 0. The summed E-state index contributed by atoms with van der Waals surface area (Å²) in [5, 5.41) is 9.56. The molecule has 2 N–H and O–H groups in total. The average molecular weight is 401 g/mol. The SMILES string of the molecule is CC(C)(C)C1C(C(C)(C)C)[C@@H](COP(=O)(O)c2c[nH]nn2)O[C@H]1C(C)(C)C. The fourth-order valence-electron chi connectivity index (χ4n) is 4.33. The van der Waals surface area contributed by atoms with E-state index >= 15 is 0 Å². The van der Waals surface area contributed by atoms with Gasteiger partial charge in [0, 0.05) is 0 Å². The minimum Gasteiger partial charge on any atom is -0.371 e. The lowest BCUT2D eigenvalue weighted by Crippen LogP contribution is -2.44. The standard InChI is InChI=1S/C19H36N3O4P/c1-17(2,3)14-12(11-25-27(23,24)13-10-20-22-21-13)26-16(19(7,8)9)15(14)18(4,5)6/h10,12,14-16H,11H2,1-9H3,(H,23,24)(H,20,21,22)/t12-,14?,15?,16-/m1/s1. The Hall–Kier alpha value is -0.750. The number of hydrogen-bond acceptors (Lipinski definition) is 5. The van der Waals surface area contributed by atoms with Gasteiger partial charge in [-0.05, 0) is 28.1 Å². The maximum Gasteiger partial charge on any atom is 0.380 e. The first-order chi connectivity index (χ1) is 12.0. The minimum absolute atomic E-state index is 0.0274. The Morgan fingerprint density at radius 1 is 1.07 bits per heavy atom. The van der Waals surface area contributed by atoms with Crippen LogP contribution in [0.2, 0.25) is 0 Å². The van der Waals surface area contributed by atoms with Gasteiger partial charge in [0.1, 0.15) is 0 Å². The first kappa shape index (κ1) is 22.5. The van der Waals surface area contributed by atoms with Crippen molar-refractivity contribution in [3.63, 3.8) is 0 Å². The molecule has 2 rings (SSSR count). The molecule has 0 saturated carbocycles. The minimum atomic E-state index is -4.03. The molecule has 1 aromatic rings. The Morgan fingerprint density at radius 3 is 2.04 bits per heavy atom. The summed E-state index contributed by atoms with van der Waals surface area (Å²) < 4.78 is 24.5. The quantitative estimate of drug-likeness (QED) is 0.746. The molecule has 0 aromatic carbocycles. The van der Waals surface area contributed by atoms with Crippen LogP contribution in [0.1, 0.15) is 62.3 Å². The molecule has 1 fully saturated rings. The summed E-state index contributed by atoms with van der Waals surface area (Å²) in [6.07, 6.45) is 1.04. The first-order valence-corrected chi connectivity index (χ1v) is 11.1. The predicted octanol–water partition coefficient (Wildman–Crippen LogP) is 3.77. The molecule has 0 spiro atoms. The molecule has 0 radical (unpaired) electrons. The fraction of sp³-hybridized carbons (Fsp3) is 0.895. The second-order valence-electron chi connectivity index (χ2n) is 10.9. The van der Waals surface area contributed by atoms with Crippen molar-refractivity contribution in [3.8, 4) is 0 Å². The molecule has 1 aliphatic rings. The van der Waals surface area contributed by atoms with Gasteiger partial charge in [-0.1, -0.05) is 67.5 Å². The lowest BCUT2D eigenvalue weighted by molar-refractivity contribution is -0.0579. The highest BCUT2D eigenvalue weighted by Gasteiger charge is 2.56. The number of nitrogens with zero attached hydrogens (tertiary/aromatic N) is 2. The lowest BCUT2D eigenvalue weighted by Gasteiger charge is -2.44. The van der Waals surface area contributed by atoms with Gasteiger partial charge in [-0.3, -0.25) is 9.66 Å². The molecule has 1 aromatic heterocycles. The third-order valence-corrected chi connectivity index (χ3v) is 6.69. The van der Waals surface area contributed by atoms with E-state index in [1.54, 1.807) is 0 Å². The Bertz CT molecular complexity index is 671. The smallest absolute Gasteiger partial charge is 0.371 e. The summed E-state index contributed by atoms with van der Waals surface area (Å²) in [4.78, 5) is 10.2. The zero-order chi connectivity index (χ0) is 20.8. The van der Waals surface area contributed by atoms with Crippen LogP contribution in [0.15, 0.2) is 6.20 Å². The van der Waals surface area contributed by atoms with Crippen molar-refractivity contribution in [1.82, 2.24) is 15.4 Å². The van der Waals surface area contributed by atoms with Gasteiger partial charge >= 0.3 is 7.60 Å². The first-order valence-electron chi connectivity index (χ1n) is 9.55. The Morgan fingerprint density at radius 2 is 1.63 bits per heavy atom. The maximum absolute atomic E-state index is 12.5. The third kappa shape index (κ3) is 5.00. The summed E-state index contributed by atoms with van der Waals surface area (Å²) in [5.74, 6) is 0.468. The Labute approximate surface area is 163 Å². The van der Waals surface area contributed by atoms with Crippen LogP contribution in [0.25, 0.3) is 0 Å². The fourth-order valence-corrected chi connectivity index (χ4v) is 5.19. The van der Waals surface area contributed by atoms with Crippen LogP contribution >= 0.6 is 7.60 Å². The number of ether oxygens (including phenoxy) is 1. The highest BCUT2D eigenvalue weighted by atomic mass is 31.2. The van der Waals surface area contributed by atoms with Gasteiger partial charge in [0.2, 0.25) is 0 Å². The molecule has 2 heterocycles. The van der Waals surface area contributed by atoms with Crippen molar-refractivity contribution in [1.29, 1.82) is 0 Å². The molecule has 7 nitrogen and oxygen atoms in total. The van der Waals surface area contributed by atoms with E-state index in [4.69, 9.17) is 9.26 Å². The van der Waals surface area contributed by atoms with E-state index < -0.39 is 7.60 Å². The van der Waals surface area contributed by atoms with E-state index in [1.165, 1.54) is 6.20 Å². The van der Waals surface area contributed by atoms with E-state index in [-0.39, 0.29) is 52.3 Å². The van der Waals surface area contributed by atoms with Crippen LogP contribution < -0.4 is 5.44 Å². The number of H-pyrrole nitrogens is 1. The van der Waals surface area contributed by atoms with Crippen molar-refractivity contribution < 1.29 is 18.7 Å². The van der Waals surface area contributed by atoms with Crippen LogP contribution in [-0.4, -0.2) is 39.1 Å². The normalized spacial score (nSPS) is 29.7. The molecule has 156 valence electrons. The maximum atomic E-state index is 12.5. The van der Waals surface area contributed by atoms with Crippen LogP contribution in [0.5, 0.6) is 0 Å². The van der Waals surface area contributed by atoms with Crippen molar-refractivity contribution in [2.45, 2.75) is 74.5 Å². The van der Waals surface area contributed by atoms with Gasteiger partial charge in [-0.2, -0.15) is 0 Å². The van der Waals surface area contributed by atoms with Crippen molar-refractivity contribution >= 4 is 13.0 Å². The van der Waals surface area contributed by atoms with Gasteiger partial charge in [0.05, 0.1) is 25.0 Å². The number of rotatable bonds is 4. The molecular weight excluding hydrogens is 365 g/mol. The molecule has 3 unspecified atom stereocenters. The molecule has 27 heavy (non-hydrogen) atoms. The lowest BCUT2D eigenvalue weighted by atomic mass is 9.59. The van der Waals surface area contributed by atoms with Crippen LogP contribution in [0.4, 0.5) is 0 Å². The number of nitrogens with one attached hydrogen (secondary N) is 1. The van der Waals surface area contributed by atoms with E-state index in [1.807, 2.05) is 0 Å². The third-order valence-electron chi connectivity index (χ3n) is 5.40. The van der Waals surface area contributed by atoms with E-state index in [0.29, 0.717) is 0 Å². The van der Waals surface area contributed by atoms with E-state index in [2.05, 4.69) is 77.7 Å². The molecule has 0 amide bonds. The number of aromatic nitrogens is 3. The number of hydrogen-bond donors (Lipinski definition) is 2. The largest absolute Gasteiger partial charge is 0.380 e. The highest BCUT2D eigenvalue weighted by molar-refractivity contribution is 7.60. The van der Waals surface area contributed by atoms with Crippen LogP contribution in [0, 0.1) is 28.1 Å². The number of aromatic amines is 1. The van der Waals surface area contributed by atoms with Gasteiger partial charge in [0.25, 0.3) is 0 Å². The van der Waals surface area contributed by atoms with Crippen molar-refractivity contribution in [2.75, 3.05) is 6.61 Å². The predicted molar refractivity (Wildman–Crippen MR) is 106 cm³/mol. The van der Waals surface area contributed by atoms with Crippen LogP contribution in [-0.2, 0) is 13.8 Å². The molecule has 8 heteroatoms. The Balaban J connectivity index is 2.32. The van der Waals surface area contributed by atoms with E-state index in [0.717, 1.165) is 0 Å². The van der Waals surface area contributed by atoms with Gasteiger partial charge in [-0.25, -0.2) is 0 Å². The molecule has 1 aliphatic heterocycles. The zero-order valence-corrected chi connectivity index (χ0v) is 19.0. The topological polar surface area (TPSA) is 97.3 Å². The molecule has 0 aliphatic carbocycles. The second kappa shape index (κ2) is 7.25. The van der Waals surface area contributed by atoms with Crippen molar-refractivity contribution in [2.24, 2.45) is 28.1 Å². The van der Waals surface area contributed by atoms with Gasteiger partial charge < -0.3 is 14.2 Å². The van der Waals surface area contributed by atoms with Crippen molar-refractivity contribution in [3.05, 3.63) is 6.20 Å². The zero-order valence-electron chi connectivity index (χ0n) is 18.1. The summed E-state index contributed by atoms with van der Waals surface area (Å²) >= 11 is 0. The average Bonchev–Trinajstić information content (AvgIpc) is 3.11. The molecule has 1 saturated heterocycles. The van der Waals surface area contributed by atoms with E-state index in [9.17, 15) is 9.46 Å². The molecule has 0 bridgehead atoms. The highest BCUT2D eigenvalue weighted by Crippen LogP contribution is 2.55. The van der Waals surface area contributed by atoms with Crippen LogP contribution in [0.3, 0.4) is 0 Å².